The molecule has 0 unspecified atom stereocenters. The van der Waals surface area contributed by atoms with Crippen molar-refractivity contribution in [2.24, 2.45) is 0 Å². The number of ether oxygens (including phenoxy) is 1. The van der Waals surface area contributed by atoms with Gasteiger partial charge in [-0.3, -0.25) is 4.79 Å². The maximum atomic E-state index is 11.8. The fourth-order valence-corrected chi connectivity index (χ4v) is 2.12. The second-order valence-corrected chi connectivity index (χ2v) is 4.65. The van der Waals surface area contributed by atoms with Gasteiger partial charge in [-0.15, -0.1) is 0 Å². The lowest BCUT2D eigenvalue weighted by molar-refractivity contribution is -0.138. The molecule has 1 aliphatic rings. The molecule has 1 N–H and O–H groups in total. The monoisotopic (exact) mass is 238 g/mol. The Morgan fingerprint density at radius 3 is 2.65 bits per heavy atom. The number of rotatable bonds is 5. The summed E-state index contributed by atoms with van der Waals surface area (Å²) in [4.78, 5) is 11.8. The second-order valence-electron chi connectivity index (χ2n) is 4.65. The fourth-order valence-electron chi connectivity index (χ4n) is 2.12. The van der Waals surface area contributed by atoms with Crippen LogP contribution in [0.5, 0.6) is 0 Å². The van der Waals surface area contributed by atoms with Crippen molar-refractivity contribution in [1.82, 2.24) is 5.32 Å². The predicted octanol–water partition coefficient (Wildman–Crippen LogP) is 2.14. The summed E-state index contributed by atoms with van der Waals surface area (Å²) in [6.07, 6.45) is 6.23. The highest BCUT2D eigenvalue weighted by molar-refractivity contribution is 5.81. The molecule has 0 aromatic carbocycles. The zero-order valence-electron chi connectivity index (χ0n) is 10.7. The lowest BCUT2D eigenvalue weighted by atomic mass is 9.97. The van der Waals surface area contributed by atoms with E-state index in [4.69, 9.17) is 10.00 Å². The van der Waals surface area contributed by atoms with Gasteiger partial charge in [-0.1, -0.05) is 26.2 Å². The van der Waals surface area contributed by atoms with Crippen molar-refractivity contribution in [3.63, 3.8) is 0 Å². The molecule has 1 amide bonds. The third kappa shape index (κ3) is 4.74. The van der Waals surface area contributed by atoms with Crippen molar-refractivity contribution in [2.45, 2.75) is 70.6 Å². The van der Waals surface area contributed by atoms with Crippen LogP contribution in [0.1, 0.15) is 52.4 Å². The second kappa shape index (κ2) is 7.29. The van der Waals surface area contributed by atoms with Gasteiger partial charge in [0.15, 0.2) is 0 Å². The molecule has 2 atom stereocenters. The van der Waals surface area contributed by atoms with Crippen LogP contribution in [0.4, 0.5) is 0 Å². The third-order valence-electron chi connectivity index (χ3n) is 3.12. The minimum atomic E-state index is -0.452. The average molecular weight is 238 g/mol. The van der Waals surface area contributed by atoms with Gasteiger partial charge in [0.25, 0.3) is 0 Å². The summed E-state index contributed by atoms with van der Waals surface area (Å²) in [6, 6.07) is 1.54. The van der Waals surface area contributed by atoms with Gasteiger partial charge in [-0.2, -0.15) is 5.26 Å². The first-order chi connectivity index (χ1) is 8.17. The zero-order chi connectivity index (χ0) is 12.7. The van der Waals surface area contributed by atoms with E-state index in [1.54, 1.807) is 6.92 Å². The Balaban J connectivity index is 2.41. The molecule has 4 heteroatoms. The Hall–Kier alpha value is -1.08. The van der Waals surface area contributed by atoms with Gasteiger partial charge in [0.1, 0.15) is 12.1 Å². The van der Waals surface area contributed by atoms with E-state index < -0.39 is 12.1 Å². The number of amides is 1. The molecule has 4 nitrogen and oxygen atoms in total. The molecule has 0 bridgehead atoms. The zero-order valence-corrected chi connectivity index (χ0v) is 10.7. The van der Waals surface area contributed by atoms with Crippen LogP contribution in [0.3, 0.4) is 0 Å². The number of hydrogen-bond acceptors (Lipinski definition) is 3. The molecule has 0 saturated heterocycles. The summed E-state index contributed by atoms with van der Waals surface area (Å²) < 4.78 is 5.83. The molecule has 1 rings (SSSR count). The van der Waals surface area contributed by atoms with E-state index in [1.165, 1.54) is 19.3 Å². The molecule has 1 fully saturated rings. The summed E-state index contributed by atoms with van der Waals surface area (Å²) in [6.45, 7) is 3.61. The Kier molecular flexibility index (Phi) is 5.99. The van der Waals surface area contributed by atoms with Gasteiger partial charge in [0, 0.05) is 0 Å². The molecule has 0 spiro atoms. The van der Waals surface area contributed by atoms with Crippen molar-refractivity contribution in [3.8, 4) is 6.07 Å². The average Bonchev–Trinajstić information content (AvgIpc) is 2.36. The number of carbonyl (C=O) groups is 1. The highest BCUT2D eigenvalue weighted by Gasteiger charge is 2.24. The minimum absolute atomic E-state index is 0.160. The van der Waals surface area contributed by atoms with E-state index in [0.29, 0.717) is 6.42 Å². The van der Waals surface area contributed by atoms with E-state index in [0.717, 1.165) is 12.8 Å². The summed E-state index contributed by atoms with van der Waals surface area (Å²) in [5, 5.41) is 11.3. The van der Waals surface area contributed by atoms with E-state index in [-0.39, 0.29) is 12.0 Å². The Labute approximate surface area is 103 Å². The highest BCUT2D eigenvalue weighted by atomic mass is 16.5. The first kappa shape index (κ1) is 14.0. The number of nitrogens with zero attached hydrogens (tertiary/aromatic N) is 1. The SMILES string of the molecule is CC[C@H](OC1CCCCC1)C(=O)N[C@H](C)C#N. The van der Waals surface area contributed by atoms with Gasteiger partial charge in [-0.05, 0) is 26.2 Å². The van der Waals surface area contributed by atoms with Crippen LogP contribution in [0.25, 0.3) is 0 Å². The van der Waals surface area contributed by atoms with E-state index >= 15 is 0 Å². The molecule has 96 valence electrons. The lowest BCUT2D eigenvalue weighted by Crippen LogP contribution is -2.42. The van der Waals surface area contributed by atoms with Crippen LogP contribution >= 0.6 is 0 Å². The van der Waals surface area contributed by atoms with Gasteiger partial charge < -0.3 is 10.1 Å². The van der Waals surface area contributed by atoms with Crippen molar-refractivity contribution < 1.29 is 9.53 Å². The maximum absolute atomic E-state index is 11.8. The van der Waals surface area contributed by atoms with Gasteiger partial charge >= 0.3 is 0 Å². The number of hydrogen-bond donors (Lipinski definition) is 1. The molecule has 0 aromatic rings. The summed E-state index contributed by atoms with van der Waals surface area (Å²) in [5.41, 5.74) is 0. The molecule has 0 radical (unpaired) electrons. The maximum Gasteiger partial charge on any atom is 0.250 e. The highest BCUT2D eigenvalue weighted by Crippen LogP contribution is 2.22. The van der Waals surface area contributed by atoms with Crippen LogP contribution in [-0.4, -0.2) is 24.2 Å². The summed E-state index contributed by atoms with van der Waals surface area (Å²) in [5.74, 6) is -0.160. The summed E-state index contributed by atoms with van der Waals surface area (Å²) >= 11 is 0. The molecule has 0 heterocycles. The third-order valence-corrected chi connectivity index (χ3v) is 3.12. The Bertz CT molecular complexity index is 280. The topological polar surface area (TPSA) is 62.1 Å². The quantitative estimate of drug-likeness (QED) is 0.798. The van der Waals surface area contributed by atoms with E-state index in [1.807, 2.05) is 13.0 Å². The van der Waals surface area contributed by atoms with Crippen LogP contribution in [0, 0.1) is 11.3 Å². The van der Waals surface area contributed by atoms with Crippen molar-refractivity contribution >= 4 is 5.91 Å². The molecule has 0 aromatic heterocycles. The first-order valence-electron chi connectivity index (χ1n) is 6.52. The lowest BCUT2D eigenvalue weighted by Gasteiger charge is -2.26. The van der Waals surface area contributed by atoms with Crippen LogP contribution < -0.4 is 5.32 Å². The first-order valence-corrected chi connectivity index (χ1v) is 6.52. The van der Waals surface area contributed by atoms with Crippen LogP contribution in [0.15, 0.2) is 0 Å². The Morgan fingerprint density at radius 1 is 1.47 bits per heavy atom. The molecule has 1 aliphatic carbocycles. The largest absolute Gasteiger partial charge is 0.365 e. The standard InChI is InChI=1S/C13H22N2O2/c1-3-12(13(16)15-10(2)9-14)17-11-7-5-4-6-8-11/h10-12H,3-8H2,1-2H3,(H,15,16)/t10-,12+/m1/s1. The van der Waals surface area contributed by atoms with Crippen molar-refractivity contribution in [2.75, 3.05) is 0 Å². The number of carbonyl (C=O) groups excluding carboxylic acids is 1. The van der Waals surface area contributed by atoms with Crippen molar-refractivity contribution in [3.05, 3.63) is 0 Å². The molecule has 17 heavy (non-hydrogen) atoms. The molecular formula is C13H22N2O2. The smallest absolute Gasteiger partial charge is 0.250 e. The molecule has 0 aliphatic heterocycles. The molecule has 1 saturated carbocycles. The normalized spacial score (nSPS) is 20.3. The Morgan fingerprint density at radius 2 is 2.12 bits per heavy atom. The van der Waals surface area contributed by atoms with E-state index in [2.05, 4.69) is 5.32 Å². The molecular weight excluding hydrogens is 216 g/mol. The number of nitrogens with one attached hydrogen (secondary N) is 1. The van der Waals surface area contributed by atoms with Gasteiger partial charge in [0.2, 0.25) is 5.91 Å². The van der Waals surface area contributed by atoms with E-state index in [9.17, 15) is 4.79 Å². The predicted molar refractivity (Wildman–Crippen MR) is 65.3 cm³/mol. The van der Waals surface area contributed by atoms with Gasteiger partial charge in [-0.25, -0.2) is 0 Å². The van der Waals surface area contributed by atoms with Gasteiger partial charge in [0.05, 0.1) is 12.2 Å². The summed E-state index contributed by atoms with van der Waals surface area (Å²) in [7, 11) is 0. The van der Waals surface area contributed by atoms with Crippen LogP contribution in [0.2, 0.25) is 0 Å². The van der Waals surface area contributed by atoms with Crippen molar-refractivity contribution in [1.29, 1.82) is 5.26 Å². The fraction of sp³-hybridized carbons (Fsp3) is 0.846. The minimum Gasteiger partial charge on any atom is -0.365 e. The number of nitriles is 1. The van der Waals surface area contributed by atoms with Crippen LogP contribution in [-0.2, 0) is 9.53 Å².